The quantitative estimate of drug-likeness (QED) is 0.654. The summed E-state index contributed by atoms with van der Waals surface area (Å²) in [5.41, 5.74) is 1.96. The summed E-state index contributed by atoms with van der Waals surface area (Å²) in [6.07, 6.45) is 0.282. The minimum atomic E-state index is 0.282. The predicted molar refractivity (Wildman–Crippen MR) is 53.1 cm³/mol. The molecule has 2 nitrogen and oxygen atoms in total. The fourth-order valence-electron chi connectivity index (χ4n) is 0.938. The molecule has 1 aromatic carbocycles. The van der Waals surface area contributed by atoms with Crippen LogP contribution in [0.5, 0.6) is 0 Å². The maximum absolute atomic E-state index is 8.28. The molecule has 0 aromatic heterocycles. The first-order valence-corrected chi connectivity index (χ1v) is 4.00. The lowest BCUT2D eigenvalue weighted by molar-refractivity contribution is 1.39. The molecule has 0 aliphatic rings. The van der Waals surface area contributed by atoms with Crippen LogP contribution in [0.15, 0.2) is 24.3 Å². The van der Waals surface area contributed by atoms with Crippen molar-refractivity contribution in [2.24, 2.45) is 0 Å². The number of anilines is 1. The maximum atomic E-state index is 8.28. The van der Waals surface area contributed by atoms with Gasteiger partial charge in [-0.1, -0.05) is 17.9 Å². The zero-order valence-corrected chi connectivity index (χ0v) is 7.46. The highest BCUT2D eigenvalue weighted by atomic mass is 14.8. The van der Waals surface area contributed by atoms with Gasteiger partial charge in [0.05, 0.1) is 12.5 Å². The molecule has 1 aromatic rings. The normalized spacial score (nSPS) is 8.00. The number of rotatable bonds is 1. The van der Waals surface area contributed by atoms with Gasteiger partial charge in [-0.3, -0.25) is 0 Å². The Hall–Kier alpha value is -1.93. The van der Waals surface area contributed by atoms with Gasteiger partial charge >= 0.3 is 0 Å². The van der Waals surface area contributed by atoms with E-state index in [9.17, 15) is 0 Å². The van der Waals surface area contributed by atoms with Crippen molar-refractivity contribution in [1.82, 2.24) is 0 Å². The van der Waals surface area contributed by atoms with Crippen LogP contribution in [0.3, 0.4) is 0 Å². The molecule has 0 atom stereocenters. The largest absolute Gasteiger partial charge is 0.388 e. The first-order valence-electron chi connectivity index (χ1n) is 4.00. The van der Waals surface area contributed by atoms with E-state index in [0.717, 1.165) is 11.3 Å². The van der Waals surface area contributed by atoms with Gasteiger partial charge in [0.1, 0.15) is 0 Å². The standard InChI is InChI=1S/C11H10N2/c1-13-11-7-4-6-10(9-11)5-2-3-8-12/h4,6-7,9,13H,3H2,1H3. The van der Waals surface area contributed by atoms with Crippen molar-refractivity contribution in [2.75, 3.05) is 12.4 Å². The van der Waals surface area contributed by atoms with Gasteiger partial charge in [-0.2, -0.15) is 5.26 Å². The minimum absolute atomic E-state index is 0.282. The third-order valence-electron chi connectivity index (χ3n) is 1.55. The van der Waals surface area contributed by atoms with Gasteiger partial charge < -0.3 is 5.32 Å². The molecule has 0 amide bonds. The smallest absolute Gasteiger partial charge is 0.0966 e. The van der Waals surface area contributed by atoms with Gasteiger partial charge in [0.2, 0.25) is 0 Å². The second-order valence-electron chi connectivity index (χ2n) is 2.47. The third kappa shape index (κ3) is 2.89. The van der Waals surface area contributed by atoms with E-state index in [-0.39, 0.29) is 6.42 Å². The molecule has 0 spiro atoms. The second-order valence-corrected chi connectivity index (χ2v) is 2.47. The molecule has 0 radical (unpaired) electrons. The van der Waals surface area contributed by atoms with Gasteiger partial charge in [-0.15, -0.1) is 0 Å². The average Bonchev–Trinajstić information content (AvgIpc) is 2.19. The Bertz CT molecular complexity index is 377. The lowest BCUT2D eigenvalue weighted by atomic mass is 10.2. The molecule has 1 rings (SSSR count). The average molecular weight is 170 g/mol. The lowest BCUT2D eigenvalue weighted by Gasteiger charge is -1.98. The molecule has 2 heteroatoms. The van der Waals surface area contributed by atoms with Gasteiger partial charge in [0.25, 0.3) is 0 Å². The fraction of sp³-hybridized carbons (Fsp3) is 0.182. The molecule has 0 aliphatic heterocycles. The highest BCUT2D eigenvalue weighted by Gasteiger charge is 1.88. The van der Waals surface area contributed by atoms with Crippen molar-refractivity contribution < 1.29 is 0 Å². The van der Waals surface area contributed by atoms with Crippen molar-refractivity contribution in [2.45, 2.75) is 6.42 Å². The Balaban J connectivity index is 2.80. The van der Waals surface area contributed by atoms with Crippen molar-refractivity contribution in [3.05, 3.63) is 29.8 Å². The summed E-state index contributed by atoms with van der Waals surface area (Å²) in [5, 5.41) is 11.3. The Kier molecular flexibility index (Phi) is 3.42. The second kappa shape index (κ2) is 4.85. The molecule has 0 unspecified atom stereocenters. The van der Waals surface area contributed by atoms with E-state index in [1.54, 1.807) is 0 Å². The maximum Gasteiger partial charge on any atom is 0.0966 e. The molecule has 1 N–H and O–H groups in total. The summed E-state index contributed by atoms with van der Waals surface area (Å²) in [5.74, 6) is 5.67. The molecule has 0 heterocycles. The van der Waals surface area contributed by atoms with Crippen LogP contribution in [-0.2, 0) is 0 Å². The Morgan fingerprint density at radius 1 is 1.46 bits per heavy atom. The van der Waals surface area contributed by atoms with E-state index >= 15 is 0 Å². The van der Waals surface area contributed by atoms with Gasteiger partial charge in [-0.05, 0) is 18.2 Å². The predicted octanol–water partition coefficient (Wildman–Crippen LogP) is 1.99. The fourth-order valence-corrected chi connectivity index (χ4v) is 0.938. The summed E-state index contributed by atoms with van der Waals surface area (Å²) < 4.78 is 0. The number of hydrogen-bond donors (Lipinski definition) is 1. The molecule has 64 valence electrons. The Morgan fingerprint density at radius 3 is 3.00 bits per heavy atom. The van der Waals surface area contributed by atoms with Crippen LogP contribution < -0.4 is 5.32 Å². The molecule has 13 heavy (non-hydrogen) atoms. The van der Waals surface area contributed by atoms with E-state index in [1.807, 2.05) is 37.4 Å². The van der Waals surface area contributed by atoms with Crippen LogP contribution in [0.4, 0.5) is 5.69 Å². The highest BCUT2D eigenvalue weighted by Crippen LogP contribution is 2.08. The Morgan fingerprint density at radius 2 is 2.31 bits per heavy atom. The minimum Gasteiger partial charge on any atom is -0.388 e. The SMILES string of the molecule is CNc1cccc(C#CCC#N)c1. The zero-order chi connectivity index (χ0) is 9.52. The summed E-state index contributed by atoms with van der Waals surface area (Å²) in [6.45, 7) is 0. The summed E-state index contributed by atoms with van der Waals surface area (Å²) in [4.78, 5) is 0. The first kappa shape index (κ1) is 9.16. The summed E-state index contributed by atoms with van der Waals surface area (Å²) >= 11 is 0. The molecular formula is C11H10N2. The van der Waals surface area contributed by atoms with Gasteiger partial charge in [0, 0.05) is 18.3 Å². The van der Waals surface area contributed by atoms with Gasteiger partial charge in [0.15, 0.2) is 0 Å². The first-order chi connectivity index (χ1) is 6.36. The molecule has 0 aliphatic carbocycles. The van der Waals surface area contributed by atoms with Crippen molar-refractivity contribution >= 4 is 5.69 Å². The van der Waals surface area contributed by atoms with E-state index in [4.69, 9.17) is 5.26 Å². The number of nitrogens with zero attached hydrogens (tertiary/aromatic N) is 1. The van der Waals surface area contributed by atoms with Gasteiger partial charge in [-0.25, -0.2) is 0 Å². The summed E-state index contributed by atoms with van der Waals surface area (Å²) in [6, 6.07) is 9.75. The van der Waals surface area contributed by atoms with Crippen molar-refractivity contribution in [1.29, 1.82) is 5.26 Å². The zero-order valence-electron chi connectivity index (χ0n) is 7.46. The van der Waals surface area contributed by atoms with Crippen molar-refractivity contribution in [3.63, 3.8) is 0 Å². The van der Waals surface area contributed by atoms with E-state index in [2.05, 4.69) is 17.2 Å². The summed E-state index contributed by atoms with van der Waals surface area (Å²) in [7, 11) is 1.86. The van der Waals surface area contributed by atoms with Crippen LogP contribution in [0.25, 0.3) is 0 Å². The molecule has 0 saturated carbocycles. The highest BCUT2D eigenvalue weighted by molar-refractivity contribution is 5.50. The van der Waals surface area contributed by atoms with Crippen molar-refractivity contribution in [3.8, 4) is 17.9 Å². The molecule has 0 fully saturated rings. The monoisotopic (exact) mass is 170 g/mol. The Labute approximate surface area is 78.2 Å². The van der Waals surface area contributed by atoms with Crippen LogP contribution in [0.2, 0.25) is 0 Å². The molecule has 0 saturated heterocycles. The number of benzene rings is 1. The number of nitriles is 1. The number of nitrogens with one attached hydrogen (secondary N) is 1. The molecule has 0 bridgehead atoms. The topological polar surface area (TPSA) is 35.8 Å². The van der Waals surface area contributed by atoms with E-state index < -0.39 is 0 Å². The van der Waals surface area contributed by atoms with Crippen LogP contribution in [0.1, 0.15) is 12.0 Å². The van der Waals surface area contributed by atoms with Crippen LogP contribution in [0, 0.1) is 23.2 Å². The van der Waals surface area contributed by atoms with E-state index in [0.29, 0.717) is 0 Å². The lowest BCUT2D eigenvalue weighted by Crippen LogP contribution is -1.87. The number of hydrogen-bond acceptors (Lipinski definition) is 2. The third-order valence-corrected chi connectivity index (χ3v) is 1.55. The van der Waals surface area contributed by atoms with Crippen LogP contribution in [-0.4, -0.2) is 7.05 Å². The molecular weight excluding hydrogens is 160 g/mol. The van der Waals surface area contributed by atoms with Crippen LogP contribution >= 0.6 is 0 Å². The van der Waals surface area contributed by atoms with E-state index in [1.165, 1.54) is 0 Å².